The van der Waals surface area contributed by atoms with Crippen molar-refractivity contribution in [1.82, 2.24) is 10.2 Å². The summed E-state index contributed by atoms with van der Waals surface area (Å²) in [7, 11) is 0. The highest BCUT2D eigenvalue weighted by Gasteiger charge is 2.28. The predicted molar refractivity (Wildman–Crippen MR) is 50.0 cm³/mol. The van der Waals surface area contributed by atoms with Crippen molar-refractivity contribution in [2.75, 3.05) is 32.7 Å². The van der Waals surface area contributed by atoms with E-state index < -0.39 is 0 Å². The molecule has 0 aliphatic carbocycles. The van der Waals surface area contributed by atoms with Gasteiger partial charge in [-0.1, -0.05) is 0 Å². The van der Waals surface area contributed by atoms with Crippen LogP contribution < -0.4 is 11.1 Å². The van der Waals surface area contributed by atoms with Crippen LogP contribution in [0.2, 0.25) is 0 Å². The molecular formula is C9H19N3. The Morgan fingerprint density at radius 3 is 2.83 bits per heavy atom. The Labute approximate surface area is 74.3 Å². The van der Waals surface area contributed by atoms with E-state index in [-0.39, 0.29) is 0 Å². The lowest BCUT2D eigenvalue weighted by Gasteiger charge is -2.42. The van der Waals surface area contributed by atoms with Gasteiger partial charge in [-0.2, -0.15) is 0 Å². The highest BCUT2D eigenvalue weighted by Crippen LogP contribution is 2.18. The van der Waals surface area contributed by atoms with E-state index >= 15 is 0 Å². The maximum absolute atomic E-state index is 5.68. The minimum Gasteiger partial charge on any atom is -0.330 e. The first-order chi connectivity index (χ1) is 5.90. The van der Waals surface area contributed by atoms with Crippen LogP contribution in [-0.2, 0) is 0 Å². The number of rotatable bonds is 2. The molecule has 2 fully saturated rings. The van der Waals surface area contributed by atoms with E-state index in [4.69, 9.17) is 5.73 Å². The second-order valence-corrected chi connectivity index (χ2v) is 4.05. The Morgan fingerprint density at radius 2 is 2.25 bits per heavy atom. The lowest BCUT2D eigenvalue weighted by Crippen LogP contribution is -2.59. The summed E-state index contributed by atoms with van der Waals surface area (Å²) < 4.78 is 0. The van der Waals surface area contributed by atoms with E-state index in [2.05, 4.69) is 10.2 Å². The molecule has 2 saturated heterocycles. The third-order valence-electron chi connectivity index (χ3n) is 3.16. The highest BCUT2D eigenvalue weighted by molar-refractivity contribution is 4.87. The fourth-order valence-corrected chi connectivity index (χ4v) is 2.15. The van der Waals surface area contributed by atoms with Gasteiger partial charge in [0.1, 0.15) is 0 Å². The Bertz CT molecular complexity index is 145. The second-order valence-electron chi connectivity index (χ2n) is 4.05. The van der Waals surface area contributed by atoms with Crippen molar-refractivity contribution in [2.45, 2.75) is 18.9 Å². The molecule has 3 heteroatoms. The first-order valence-corrected chi connectivity index (χ1v) is 5.05. The lowest BCUT2D eigenvalue weighted by atomic mass is 9.96. The SMILES string of the molecule is NCC1CCCN(C2CNC2)C1. The summed E-state index contributed by atoms with van der Waals surface area (Å²) in [6.07, 6.45) is 2.69. The Hall–Kier alpha value is -0.120. The van der Waals surface area contributed by atoms with E-state index in [1.54, 1.807) is 0 Å². The molecule has 0 aromatic carbocycles. The molecule has 0 amide bonds. The van der Waals surface area contributed by atoms with Crippen molar-refractivity contribution in [3.63, 3.8) is 0 Å². The zero-order valence-corrected chi connectivity index (χ0v) is 7.63. The van der Waals surface area contributed by atoms with Crippen LogP contribution in [-0.4, -0.2) is 43.7 Å². The summed E-state index contributed by atoms with van der Waals surface area (Å²) >= 11 is 0. The number of piperidine rings is 1. The number of nitrogens with zero attached hydrogens (tertiary/aromatic N) is 1. The van der Waals surface area contributed by atoms with Crippen LogP contribution >= 0.6 is 0 Å². The normalized spacial score (nSPS) is 33.2. The second kappa shape index (κ2) is 3.73. The van der Waals surface area contributed by atoms with E-state index in [0.717, 1.165) is 18.5 Å². The molecule has 0 spiro atoms. The molecule has 0 aromatic rings. The van der Waals surface area contributed by atoms with Gasteiger partial charge in [0.2, 0.25) is 0 Å². The summed E-state index contributed by atoms with van der Waals surface area (Å²) in [5.74, 6) is 0.763. The fraction of sp³-hybridized carbons (Fsp3) is 1.00. The van der Waals surface area contributed by atoms with Crippen molar-refractivity contribution in [1.29, 1.82) is 0 Å². The van der Waals surface area contributed by atoms with Gasteiger partial charge < -0.3 is 11.1 Å². The number of hydrogen-bond acceptors (Lipinski definition) is 3. The van der Waals surface area contributed by atoms with Gasteiger partial charge in [0.05, 0.1) is 0 Å². The Balaban J connectivity index is 1.81. The molecule has 2 rings (SSSR count). The van der Waals surface area contributed by atoms with Gasteiger partial charge in [-0.3, -0.25) is 4.90 Å². The Kier molecular flexibility index (Phi) is 2.63. The molecule has 0 aromatic heterocycles. The summed E-state index contributed by atoms with van der Waals surface area (Å²) in [5.41, 5.74) is 5.68. The zero-order chi connectivity index (χ0) is 8.39. The molecule has 0 radical (unpaired) electrons. The standard InChI is InChI=1S/C9H19N3/c10-4-8-2-1-3-12(7-8)9-5-11-6-9/h8-9,11H,1-7,10H2. The molecule has 1 unspecified atom stereocenters. The third kappa shape index (κ3) is 1.63. The first kappa shape index (κ1) is 8.48. The van der Waals surface area contributed by atoms with Crippen LogP contribution in [0.1, 0.15) is 12.8 Å². The number of nitrogens with one attached hydrogen (secondary N) is 1. The minimum absolute atomic E-state index is 0.763. The van der Waals surface area contributed by atoms with Gasteiger partial charge in [-0.05, 0) is 31.8 Å². The number of nitrogens with two attached hydrogens (primary N) is 1. The quantitative estimate of drug-likeness (QED) is 0.592. The van der Waals surface area contributed by atoms with Crippen LogP contribution in [0.25, 0.3) is 0 Å². The molecule has 3 nitrogen and oxygen atoms in total. The van der Waals surface area contributed by atoms with Crippen LogP contribution in [0, 0.1) is 5.92 Å². The predicted octanol–water partition coefficient (Wildman–Crippen LogP) is -0.371. The molecule has 3 N–H and O–H groups in total. The van der Waals surface area contributed by atoms with Crippen molar-refractivity contribution in [3.05, 3.63) is 0 Å². The van der Waals surface area contributed by atoms with E-state index in [1.165, 1.54) is 39.0 Å². The van der Waals surface area contributed by atoms with Gasteiger partial charge >= 0.3 is 0 Å². The van der Waals surface area contributed by atoms with E-state index in [1.807, 2.05) is 0 Å². The maximum Gasteiger partial charge on any atom is 0.0345 e. The summed E-state index contributed by atoms with van der Waals surface area (Å²) in [4.78, 5) is 2.61. The van der Waals surface area contributed by atoms with E-state index in [0.29, 0.717) is 0 Å². The van der Waals surface area contributed by atoms with Crippen LogP contribution in [0.5, 0.6) is 0 Å². The molecular weight excluding hydrogens is 150 g/mol. The van der Waals surface area contributed by atoms with Gasteiger partial charge in [0, 0.05) is 25.7 Å². The molecule has 12 heavy (non-hydrogen) atoms. The minimum atomic E-state index is 0.763. The van der Waals surface area contributed by atoms with Crippen molar-refractivity contribution in [2.24, 2.45) is 11.7 Å². The van der Waals surface area contributed by atoms with Gasteiger partial charge in [0.15, 0.2) is 0 Å². The molecule has 2 aliphatic rings. The molecule has 2 heterocycles. The highest BCUT2D eigenvalue weighted by atomic mass is 15.2. The number of hydrogen-bond donors (Lipinski definition) is 2. The van der Waals surface area contributed by atoms with Crippen molar-refractivity contribution in [3.8, 4) is 0 Å². The largest absolute Gasteiger partial charge is 0.330 e. The molecule has 70 valence electrons. The monoisotopic (exact) mass is 169 g/mol. The van der Waals surface area contributed by atoms with Gasteiger partial charge in [-0.15, -0.1) is 0 Å². The summed E-state index contributed by atoms with van der Waals surface area (Å²) in [6.45, 7) is 5.79. The van der Waals surface area contributed by atoms with Crippen molar-refractivity contribution >= 4 is 0 Å². The fourth-order valence-electron chi connectivity index (χ4n) is 2.15. The smallest absolute Gasteiger partial charge is 0.0345 e. The average Bonchev–Trinajstić information content (AvgIpc) is 2.02. The van der Waals surface area contributed by atoms with Gasteiger partial charge in [-0.25, -0.2) is 0 Å². The number of likely N-dealkylation sites (tertiary alicyclic amines) is 1. The molecule has 0 saturated carbocycles. The molecule has 0 bridgehead atoms. The van der Waals surface area contributed by atoms with E-state index in [9.17, 15) is 0 Å². The summed E-state index contributed by atoms with van der Waals surface area (Å²) in [6, 6.07) is 0.819. The third-order valence-corrected chi connectivity index (χ3v) is 3.16. The average molecular weight is 169 g/mol. The lowest BCUT2D eigenvalue weighted by molar-refractivity contribution is 0.0931. The molecule has 2 aliphatic heterocycles. The topological polar surface area (TPSA) is 41.3 Å². The first-order valence-electron chi connectivity index (χ1n) is 5.05. The zero-order valence-electron chi connectivity index (χ0n) is 7.63. The van der Waals surface area contributed by atoms with Crippen LogP contribution in [0.15, 0.2) is 0 Å². The maximum atomic E-state index is 5.68. The van der Waals surface area contributed by atoms with Crippen molar-refractivity contribution < 1.29 is 0 Å². The van der Waals surface area contributed by atoms with Crippen LogP contribution in [0.4, 0.5) is 0 Å². The summed E-state index contributed by atoms with van der Waals surface area (Å²) in [5, 5.41) is 3.32. The van der Waals surface area contributed by atoms with Gasteiger partial charge in [0.25, 0.3) is 0 Å². The molecule has 1 atom stereocenters. The Morgan fingerprint density at radius 1 is 1.42 bits per heavy atom. The van der Waals surface area contributed by atoms with Crippen LogP contribution in [0.3, 0.4) is 0 Å².